The van der Waals surface area contributed by atoms with E-state index in [2.05, 4.69) is 34.7 Å². The molecule has 2 rings (SSSR count). The summed E-state index contributed by atoms with van der Waals surface area (Å²) in [7, 11) is 0. The molecule has 0 fully saturated rings. The van der Waals surface area contributed by atoms with Gasteiger partial charge in [-0.2, -0.15) is 0 Å². The van der Waals surface area contributed by atoms with E-state index in [1.165, 1.54) is 4.88 Å². The van der Waals surface area contributed by atoms with Crippen LogP contribution >= 0.6 is 22.9 Å². The summed E-state index contributed by atoms with van der Waals surface area (Å²) in [6.45, 7) is 2.17. The van der Waals surface area contributed by atoms with Crippen LogP contribution in [0.15, 0.2) is 35.8 Å². The zero-order valence-electron chi connectivity index (χ0n) is 8.98. The molecule has 0 aliphatic rings. The largest absolute Gasteiger partial charge is 0.376 e. The normalized spacial score (nSPS) is 12.4. The van der Waals surface area contributed by atoms with Crippen LogP contribution in [0.5, 0.6) is 0 Å². The van der Waals surface area contributed by atoms with Crippen molar-refractivity contribution in [2.24, 2.45) is 0 Å². The fourth-order valence-electron chi connectivity index (χ4n) is 1.53. The van der Waals surface area contributed by atoms with Crippen LogP contribution in [-0.4, -0.2) is 4.98 Å². The van der Waals surface area contributed by atoms with Crippen molar-refractivity contribution in [3.63, 3.8) is 0 Å². The van der Waals surface area contributed by atoms with E-state index in [9.17, 15) is 0 Å². The Labute approximate surface area is 104 Å². The summed E-state index contributed by atoms with van der Waals surface area (Å²) in [4.78, 5) is 5.40. The molecule has 1 atom stereocenters. The molecule has 84 valence electrons. The number of hydrogen-bond donors (Lipinski definition) is 1. The van der Waals surface area contributed by atoms with Crippen molar-refractivity contribution >= 4 is 28.6 Å². The van der Waals surface area contributed by atoms with Crippen molar-refractivity contribution < 1.29 is 0 Å². The van der Waals surface area contributed by atoms with Gasteiger partial charge in [0.2, 0.25) is 0 Å². The highest BCUT2D eigenvalue weighted by molar-refractivity contribution is 7.10. The van der Waals surface area contributed by atoms with Crippen LogP contribution in [0, 0.1) is 0 Å². The van der Waals surface area contributed by atoms with Gasteiger partial charge >= 0.3 is 0 Å². The SMILES string of the molecule is CCC(Nc1ccc(Cl)nc1)c1cccs1. The molecule has 4 heteroatoms. The first-order valence-electron chi connectivity index (χ1n) is 5.21. The van der Waals surface area contributed by atoms with Crippen molar-refractivity contribution in [2.45, 2.75) is 19.4 Å². The van der Waals surface area contributed by atoms with E-state index in [4.69, 9.17) is 11.6 Å². The van der Waals surface area contributed by atoms with Gasteiger partial charge in [-0.25, -0.2) is 4.98 Å². The van der Waals surface area contributed by atoms with Crippen molar-refractivity contribution in [1.82, 2.24) is 4.98 Å². The number of halogens is 1. The average Bonchev–Trinajstić information content (AvgIpc) is 2.82. The second-order valence-corrected chi connectivity index (χ2v) is 4.86. The Bertz CT molecular complexity index is 425. The Balaban J connectivity index is 2.10. The number of nitrogens with one attached hydrogen (secondary N) is 1. The molecule has 16 heavy (non-hydrogen) atoms. The van der Waals surface area contributed by atoms with E-state index < -0.39 is 0 Å². The van der Waals surface area contributed by atoms with Gasteiger partial charge in [-0.1, -0.05) is 24.6 Å². The van der Waals surface area contributed by atoms with Gasteiger partial charge in [0, 0.05) is 4.88 Å². The Hall–Kier alpha value is -1.06. The van der Waals surface area contributed by atoms with Crippen LogP contribution in [0.1, 0.15) is 24.3 Å². The molecule has 2 aromatic rings. The second-order valence-electron chi connectivity index (χ2n) is 3.49. The maximum Gasteiger partial charge on any atom is 0.129 e. The van der Waals surface area contributed by atoms with Crippen LogP contribution < -0.4 is 5.32 Å². The van der Waals surface area contributed by atoms with Gasteiger partial charge in [0.05, 0.1) is 17.9 Å². The number of hydrogen-bond acceptors (Lipinski definition) is 3. The van der Waals surface area contributed by atoms with Crippen LogP contribution in [-0.2, 0) is 0 Å². The smallest absolute Gasteiger partial charge is 0.129 e. The van der Waals surface area contributed by atoms with Gasteiger partial charge in [-0.15, -0.1) is 11.3 Å². The summed E-state index contributed by atoms with van der Waals surface area (Å²) in [6, 6.07) is 8.32. The molecule has 0 aliphatic carbocycles. The van der Waals surface area contributed by atoms with Crippen LogP contribution in [0.2, 0.25) is 5.15 Å². The van der Waals surface area contributed by atoms with E-state index in [1.807, 2.05) is 6.07 Å². The molecule has 0 saturated heterocycles. The zero-order chi connectivity index (χ0) is 11.4. The maximum atomic E-state index is 5.74. The molecule has 0 amide bonds. The Morgan fingerprint density at radius 1 is 1.44 bits per heavy atom. The molecule has 2 heterocycles. The molecule has 0 bridgehead atoms. The highest BCUT2D eigenvalue weighted by Gasteiger charge is 2.09. The molecule has 0 radical (unpaired) electrons. The minimum absolute atomic E-state index is 0.350. The summed E-state index contributed by atoms with van der Waals surface area (Å²) in [5.74, 6) is 0. The molecule has 1 unspecified atom stereocenters. The van der Waals surface area contributed by atoms with Crippen molar-refractivity contribution in [2.75, 3.05) is 5.32 Å². The molecule has 0 saturated carbocycles. The lowest BCUT2D eigenvalue weighted by Crippen LogP contribution is -2.08. The fourth-order valence-corrected chi connectivity index (χ4v) is 2.50. The Morgan fingerprint density at radius 3 is 2.88 bits per heavy atom. The van der Waals surface area contributed by atoms with E-state index in [1.54, 1.807) is 23.6 Å². The molecule has 1 N–H and O–H groups in total. The third-order valence-corrected chi connectivity index (χ3v) is 3.57. The highest BCUT2D eigenvalue weighted by Crippen LogP contribution is 2.26. The number of aromatic nitrogens is 1. The zero-order valence-corrected chi connectivity index (χ0v) is 10.6. The first kappa shape index (κ1) is 11.4. The fraction of sp³-hybridized carbons (Fsp3) is 0.250. The van der Waals surface area contributed by atoms with Gasteiger partial charge in [-0.05, 0) is 30.0 Å². The third kappa shape index (κ3) is 2.74. The minimum atomic E-state index is 0.350. The molecule has 2 nitrogen and oxygen atoms in total. The predicted molar refractivity (Wildman–Crippen MR) is 70.2 cm³/mol. The van der Waals surface area contributed by atoms with E-state index in [-0.39, 0.29) is 0 Å². The molecule has 0 spiro atoms. The Morgan fingerprint density at radius 2 is 2.31 bits per heavy atom. The maximum absolute atomic E-state index is 5.74. The van der Waals surface area contributed by atoms with Crippen LogP contribution in [0.25, 0.3) is 0 Å². The summed E-state index contributed by atoms with van der Waals surface area (Å²) in [6.07, 6.45) is 2.81. The van der Waals surface area contributed by atoms with E-state index in [0.717, 1.165) is 12.1 Å². The summed E-state index contributed by atoms with van der Waals surface area (Å²) < 4.78 is 0. The summed E-state index contributed by atoms with van der Waals surface area (Å²) >= 11 is 7.51. The van der Waals surface area contributed by atoms with Gasteiger partial charge in [-0.3, -0.25) is 0 Å². The van der Waals surface area contributed by atoms with Crippen LogP contribution in [0.4, 0.5) is 5.69 Å². The number of pyridine rings is 1. The topological polar surface area (TPSA) is 24.9 Å². The first-order valence-corrected chi connectivity index (χ1v) is 6.47. The van der Waals surface area contributed by atoms with Gasteiger partial charge < -0.3 is 5.32 Å². The van der Waals surface area contributed by atoms with Gasteiger partial charge in [0.1, 0.15) is 5.15 Å². The monoisotopic (exact) mass is 252 g/mol. The third-order valence-electron chi connectivity index (χ3n) is 2.36. The lowest BCUT2D eigenvalue weighted by molar-refractivity contribution is 0.763. The quantitative estimate of drug-likeness (QED) is 0.818. The minimum Gasteiger partial charge on any atom is -0.376 e. The lowest BCUT2D eigenvalue weighted by Gasteiger charge is -2.16. The lowest BCUT2D eigenvalue weighted by atomic mass is 10.2. The number of thiophene rings is 1. The first-order chi connectivity index (χ1) is 7.79. The molecular weight excluding hydrogens is 240 g/mol. The molecular formula is C12H13ClN2S. The molecule has 0 aliphatic heterocycles. The standard InChI is InChI=1S/C12H13ClN2S/c1-2-10(11-4-3-7-16-11)15-9-5-6-12(13)14-8-9/h3-8,10,15H,2H2,1H3. The molecule has 2 aromatic heterocycles. The second kappa shape index (κ2) is 5.32. The highest BCUT2D eigenvalue weighted by atomic mass is 35.5. The van der Waals surface area contributed by atoms with E-state index >= 15 is 0 Å². The van der Waals surface area contributed by atoms with Crippen molar-refractivity contribution in [3.05, 3.63) is 45.9 Å². The van der Waals surface area contributed by atoms with Gasteiger partial charge in [0.25, 0.3) is 0 Å². The Kier molecular flexibility index (Phi) is 3.80. The number of rotatable bonds is 4. The number of nitrogens with zero attached hydrogens (tertiary/aromatic N) is 1. The molecule has 0 aromatic carbocycles. The summed E-state index contributed by atoms with van der Waals surface area (Å²) in [5, 5.41) is 6.07. The van der Waals surface area contributed by atoms with Crippen molar-refractivity contribution in [1.29, 1.82) is 0 Å². The average molecular weight is 253 g/mol. The number of anilines is 1. The van der Waals surface area contributed by atoms with Crippen molar-refractivity contribution in [3.8, 4) is 0 Å². The van der Waals surface area contributed by atoms with E-state index in [0.29, 0.717) is 11.2 Å². The summed E-state index contributed by atoms with van der Waals surface area (Å²) in [5.41, 5.74) is 1.00. The van der Waals surface area contributed by atoms with Gasteiger partial charge in [0.15, 0.2) is 0 Å². The van der Waals surface area contributed by atoms with Crippen LogP contribution in [0.3, 0.4) is 0 Å². The predicted octanol–water partition coefficient (Wildman–Crippen LogP) is 4.36.